The summed E-state index contributed by atoms with van der Waals surface area (Å²) in [7, 11) is 6.39. The molecule has 4 nitrogen and oxygen atoms in total. The Labute approximate surface area is 125 Å². The second-order valence-corrected chi connectivity index (χ2v) is 6.91. The highest BCUT2D eigenvalue weighted by Crippen LogP contribution is 2.20. The summed E-state index contributed by atoms with van der Waals surface area (Å²) in [4.78, 5) is 0. The summed E-state index contributed by atoms with van der Waals surface area (Å²) in [5.74, 6) is 0.616. The molecule has 0 amide bonds. The largest absolute Gasteiger partial charge is 0.619 e. The van der Waals surface area contributed by atoms with Gasteiger partial charge in [0.25, 0.3) is 0 Å². The summed E-state index contributed by atoms with van der Waals surface area (Å²) in [6.07, 6.45) is 4.85. The predicted octanol–water partition coefficient (Wildman–Crippen LogP) is 2.60. The van der Waals surface area contributed by atoms with Crippen LogP contribution in [0.4, 0.5) is 0 Å². The van der Waals surface area contributed by atoms with Crippen LogP contribution >= 0.6 is 0 Å². The van der Waals surface area contributed by atoms with E-state index in [4.69, 9.17) is 5.43 Å². The molecule has 0 saturated carbocycles. The molecule has 0 aromatic heterocycles. The minimum absolute atomic E-state index is 0.599. The Hall–Kier alpha value is -0.580. The molecule has 118 valence electrons. The fourth-order valence-corrected chi connectivity index (χ4v) is 3.17. The summed E-state index contributed by atoms with van der Waals surface area (Å²) in [5.41, 5.74) is 5.97. The first-order chi connectivity index (χ1) is 9.34. The molecule has 0 radical (unpaired) electrons. The van der Waals surface area contributed by atoms with E-state index in [1.807, 2.05) is 19.1 Å². The molecule has 1 rings (SSSR count). The molecule has 1 N–H and O–H groups in total. The van der Waals surface area contributed by atoms with Gasteiger partial charge in [-0.15, -0.1) is 0 Å². The van der Waals surface area contributed by atoms with Crippen molar-refractivity contribution in [2.24, 2.45) is 5.92 Å². The number of allylic oxidation sites excluding steroid dienone is 1. The minimum atomic E-state index is 0.599. The van der Waals surface area contributed by atoms with Gasteiger partial charge in [0, 0.05) is 6.54 Å². The fraction of sp³-hybridized carbons (Fsp3) is 0.875. The zero-order chi connectivity index (χ0) is 15.2. The summed E-state index contributed by atoms with van der Waals surface area (Å²) in [5, 5.41) is 5.47. The Kier molecular flexibility index (Phi) is 7.00. The Morgan fingerprint density at radius 3 is 2.75 bits per heavy atom. The van der Waals surface area contributed by atoms with Gasteiger partial charge in [0.15, 0.2) is 0 Å². The van der Waals surface area contributed by atoms with Gasteiger partial charge in [0.1, 0.15) is 0 Å². The van der Waals surface area contributed by atoms with Crippen molar-refractivity contribution in [3.8, 4) is 0 Å². The molecular formula is C16H34N4. The number of likely N-dealkylation sites (N-methyl/N-ethyl adjacent to an activating group) is 1. The van der Waals surface area contributed by atoms with E-state index in [2.05, 4.69) is 39.2 Å². The smallest absolute Gasteiger partial charge is 0.0940 e. The second kappa shape index (κ2) is 8.01. The molecule has 0 bridgehead atoms. The molecule has 0 spiro atoms. The van der Waals surface area contributed by atoms with Gasteiger partial charge >= 0.3 is 0 Å². The Morgan fingerprint density at radius 2 is 2.20 bits per heavy atom. The zero-order valence-electron chi connectivity index (χ0n) is 14.3. The third-order valence-electron chi connectivity index (χ3n) is 3.95. The lowest BCUT2D eigenvalue weighted by molar-refractivity contribution is -0.909. The van der Waals surface area contributed by atoms with Crippen LogP contribution in [0.2, 0.25) is 0 Å². The maximum atomic E-state index is 4.72. The van der Waals surface area contributed by atoms with Crippen LogP contribution in [0, 0.1) is 5.92 Å². The van der Waals surface area contributed by atoms with Gasteiger partial charge in [0.2, 0.25) is 0 Å². The first-order valence-electron chi connectivity index (χ1n) is 8.01. The van der Waals surface area contributed by atoms with Gasteiger partial charge in [-0.3, -0.25) is 0 Å². The molecule has 3 atom stereocenters. The third kappa shape index (κ3) is 6.25. The van der Waals surface area contributed by atoms with Crippen molar-refractivity contribution in [2.45, 2.75) is 39.7 Å². The first kappa shape index (κ1) is 17.5. The molecule has 0 aromatic rings. The number of hydrogen-bond acceptors (Lipinski definition) is 2. The number of nitrogens with one attached hydrogen (secondary N) is 1. The van der Waals surface area contributed by atoms with Gasteiger partial charge in [-0.05, 0) is 33.4 Å². The Morgan fingerprint density at radius 1 is 1.50 bits per heavy atom. The van der Waals surface area contributed by atoms with Crippen molar-refractivity contribution >= 4 is 0 Å². The van der Waals surface area contributed by atoms with Crippen LogP contribution < -0.4 is 5.32 Å². The Balaban J connectivity index is 2.72. The van der Waals surface area contributed by atoms with Gasteiger partial charge in [-0.2, -0.15) is 0 Å². The molecule has 0 aromatic carbocycles. The van der Waals surface area contributed by atoms with Crippen LogP contribution in [0.25, 0.3) is 5.43 Å². The van der Waals surface area contributed by atoms with E-state index in [1.54, 1.807) is 0 Å². The molecular weight excluding hydrogens is 248 g/mol. The number of quaternary nitrogens is 1. The molecule has 4 heteroatoms. The maximum Gasteiger partial charge on any atom is 0.0940 e. The highest BCUT2D eigenvalue weighted by molar-refractivity contribution is 5.16. The zero-order valence-corrected chi connectivity index (χ0v) is 14.3. The maximum absolute atomic E-state index is 4.72. The number of piperazine rings is 1. The topological polar surface area (TPSA) is 29.4 Å². The van der Waals surface area contributed by atoms with Crippen LogP contribution in [0.5, 0.6) is 0 Å². The predicted molar refractivity (Wildman–Crippen MR) is 87.5 cm³/mol. The van der Waals surface area contributed by atoms with E-state index in [9.17, 15) is 0 Å². The van der Waals surface area contributed by atoms with E-state index < -0.39 is 0 Å². The first-order valence-corrected chi connectivity index (χ1v) is 8.01. The normalized spacial score (nSPS) is 29.6. The van der Waals surface area contributed by atoms with Gasteiger partial charge < -0.3 is 20.2 Å². The quantitative estimate of drug-likeness (QED) is 0.574. The third-order valence-corrected chi connectivity index (χ3v) is 3.95. The molecule has 3 unspecified atom stereocenters. The van der Waals surface area contributed by atoms with E-state index in [0.29, 0.717) is 12.0 Å². The summed E-state index contributed by atoms with van der Waals surface area (Å²) >= 11 is 0. The molecule has 1 fully saturated rings. The van der Waals surface area contributed by atoms with Gasteiger partial charge in [-0.25, -0.2) is 0 Å². The lowest BCUT2D eigenvalue weighted by Gasteiger charge is -2.45. The van der Waals surface area contributed by atoms with Crippen molar-refractivity contribution in [3.05, 3.63) is 17.2 Å². The second-order valence-electron chi connectivity index (χ2n) is 6.91. The number of nitrogens with zero attached hydrogens (tertiary/aromatic N) is 3. The molecule has 20 heavy (non-hydrogen) atoms. The van der Waals surface area contributed by atoms with E-state index in [1.165, 1.54) is 31.6 Å². The van der Waals surface area contributed by atoms with Crippen molar-refractivity contribution in [2.75, 3.05) is 47.3 Å². The monoisotopic (exact) mass is 282 g/mol. The number of hydrogen-bond donors (Lipinski definition) is 1. The highest BCUT2D eigenvalue weighted by Gasteiger charge is 2.28. The average molecular weight is 282 g/mol. The highest BCUT2D eigenvalue weighted by atomic mass is 15.5. The Bertz CT molecular complexity index is 314. The van der Waals surface area contributed by atoms with E-state index in [0.717, 1.165) is 17.6 Å². The molecule has 1 heterocycles. The van der Waals surface area contributed by atoms with Crippen molar-refractivity contribution in [1.82, 2.24) is 10.3 Å². The van der Waals surface area contributed by atoms with Crippen LogP contribution in [-0.2, 0) is 0 Å². The van der Waals surface area contributed by atoms with Gasteiger partial charge in [0.05, 0.1) is 32.7 Å². The standard InChI is InChI=1S/C16H34N4/c1-7-8-14(2)11-16(18-19(4)5)13-20(6)10-9-17-15(3)12-20/h11,14-15,17H,7-10,12-13H2,1-6H3/b16-11-. The van der Waals surface area contributed by atoms with Crippen LogP contribution in [-0.4, -0.2) is 62.9 Å². The molecule has 1 saturated heterocycles. The molecule has 1 aliphatic heterocycles. The van der Waals surface area contributed by atoms with Crippen molar-refractivity contribution in [3.63, 3.8) is 0 Å². The van der Waals surface area contributed by atoms with Crippen LogP contribution in [0.15, 0.2) is 11.8 Å². The molecule has 0 aliphatic carbocycles. The average Bonchev–Trinajstić information content (AvgIpc) is 2.26. The lowest BCUT2D eigenvalue weighted by Crippen LogP contribution is -2.60. The molecule has 1 aliphatic rings. The van der Waals surface area contributed by atoms with E-state index >= 15 is 0 Å². The summed E-state index contributed by atoms with van der Waals surface area (Å²) < 4.78 is 1.09. The van der Waals surface area contributed by atoms with E-state index in [-0.39, 0.29) is 0 Å². The SMILES string of the molecule is CCCC(C)/C=C(/C[N+]1(C)CCNC(C)C1)[N-]N(C)C. The van der Waals surface area contributed by atoms with Crippen molar-refractivity contribution < 1.29 is 4.48 Å². The summed E-state index contributed by atoms with van der Waals surface area (Å²) in [6, 6.07) is 0.599. The van der Waals surface area contributed by atoms with Crippen molar-refractivity contribution in [1.29, 1.82) is 0 Å². The van der Waals surface area contributed by atoms with Crippen LogP contribution in [0.3, 0.4) is 0 Å². The summed E-state index contributed by atoms with van der Waals surface area (Å²) in [6.45, 7) is 11.3. The minimum Gasteiger partial charge on any atom is -0.619 e. The van der Waals surface area contributed by atoms with Crippen LogP contribution in [0.1, 0.15) is 33.6 Å². The van der Waals surface area contributed by atoms with Gasteiger partial charge in [-0.1, -0.05) is 32.0 Å². The fourth-order valence-electron chi connectivity index (χ4n) is 3.17. The number of rotatable bonds is 7. The lowest BCUT2D eigenvalue weighted by atomic mass is 10.0.